The number of esters is 1. The summed E-state index contributed by atoms with van der Waals surface area (Å²) >= 11 is 0. The molecular weight excluding hydrogens is 346 g/mol. The maximum Gasteiger partial charge on any atom is 0.308 e. The normalized spacial score (nSPS) is 33.0. The highest BCUT2D eigenvalue weighted by atomic mass is 35.5. The van der Waals surface area contributed by atoms with Crippen molar-refractivity contribution in [3.8, 4) is 6.07 Å². The minimum atomic E-state index is -0.268. The molecule has 0 spiro atoms. The number of fused-ring (bicyclic) bond motifs is 2. The highest BCUT2D eigenvalue weighted by Gasteiger charge is 2.50. The molecule has 1 saturated carbocycles. The summed E-state index contributed by atoms with van der Waals surface area (Å²) in [5, 5.41) is 12.5. The van der Waals surface area contributed by atoms with Crippen LogP contribution in [0.15, 0.2) is 0 Å². The van der Waals surface area contributed by atoms with Crippen LogP contribution in [0.25, 0.3) is 0 Å². The summed E-state index contributed by atoms with van der Waals surface area (Å²) < 4.78 is 10.7. The van der Waals surface area contributed by atoms with E-state index in [0.29, 0.717) is 19.8 Å². The number of hydrogen-bond acceptors (Lipinski definition) is 6. The van der Waals surface area contributed by atoms with E-state index < -0.39 is 0 Å². The van der Waals surface area contributed by atoms with Crippen LogP contribution in [0.1, 0.15) is 39.0 Å². The van der Waals surface area contributed by atoms with Crippen LogP contribution in [0.2, 0.25) is 0 Å². The Morgan fingerprint density at radius 3 is 2.80 bits per heavy atom. The number of carbonyl (C=O) groups excluding carboxylic acids is 2. The van der Waals surface area contributed by atoms with Gasteiger partial charge in [-0.2, -0.15) is 5.26 Å². The van der Waals surface area contributed by atoms with Crippen molar-refractivity contribution < 1.29 is 19.1 Å². The number of ether oxygens (including phenoxy) is 2. The maximum atomic E-state index is 12.7. The fourth-order valence-electron chi connectivity index (χ4n) is 4.18. The maximum absolute atomic E-state index is 12.7. The first kappa shape index (κ1) is 20.0. The van der Waals surface area contributed by atoms with Gasteiger partial charge in [-0.25, -0.2) is 0 Å². The highest BCUT2D eigenvalue weighted by molar-refractivity contribution is 5.85. The molecule has 8 heteroatoms. The van der Waals surface area contributed by atoms with E-state index in [4.69, 9.17) is 14.7 Å². The van der Waals surface area contributed by atoms with Crippen LogP contribution in [0.4, 0.5) is 0 Å². The number of rotatable bonds is 6. The number of hydrogen-bond donors (Lipinski definition) is 1. The third kappa shape index (κ3) is 4.25. The zero-order valence-corrected chi connectivity index (χ0v) is 15.3. The predicted molar refractivity (Wildman–Crippen MR) is 92.0 cm³/mol. The predicted octanol–water partition coefficient (Wildman–Crippen LogP) is 1.01. The second-order valence-electron chi connectivity index (χ2n) is 6.77. The van der Waals surface area contributed by atoms with E-state index in [0.717, 1.165) is 25.7 Å². The standard InChI is InChI=1S/C17H25N3O4.ClH/c1-2-23-15(21)5-7-24-14-9-11-8-13(14)19-16(11)17(22)20-6-3-4-12(20)10-18;/h11-14,16,19H,2-9H2,1H3;1H/t11-,12-,13+,14+,16+;/m0./s1. The first-order valence-electron chi connectivity index (χ1n) is 8.87. The van der Waals surface area contributed by atoms with E-state index in [1.807, 2.05) is 0 Å². The van der Waals surface area contributed by atoms with E-state index in [1.165, 1.54) is 0 Å². The number of nitriles is 1. The van der Waals surface area contributed by atoms with Crippen LogP contribution in [0.3, 0.4) is 0 Å². The van der Waals surface area contributed by atoms with Gasteiger partial charge in [0.05, 0.1) is 37.8 Å². The molecule has 0 aromatic heterocycles. The second-order valence-corrected chi connectivity index (χ2v) is 6.77. The van der Waals surface area contributed by atoms with Crippen LogP contribution < -0.4 is 5.32 Å². The molecule has 3 fully saturated rings. The summed E-state index contributed by atoms with van der Waals surface area (Å²) in [7, 11) is 0. The molecule has 3 aliphatic rings. The van der Waals surface area contributed by atoms with Gasteiger partial charge in [0.25, 0.3) is 0 Å². The molecule has 1 N–H and O–H groups in total. The van der Waals surface area contributed by atoms with Gasteiger partial charge in [0.2, 0.25) is 5.91 Å². The SMILES string of the molecule is CCOC(=O)CCO[C@@H]1C[C@@H]2C[C@H]1N[C@H]2C(=O)N1CCC[C@H]1C#N.Cl. The molecule has 3 rings (SSSR count). The lowest BCUT2D eigenvalue weighted by molar-refractivity contribution is -0.144. The molecule has 2 aliphatic heterocycles. The van der Waals surface area contributed by atoms with E-state index in [-0.39, 0.29) is 60.9 Å². The molecule has 0 radical (unpaired) electrons. The first-order chi connectivity index (χ1) is 11.6. The van der Waals surface area contributed by atoms with Crippen molar-refractivity contribution in [2.45, 2.75) is 63.3 Å². The van der Waals surface area contributed by atoms with Gasteiger partial charge in [0, 0.05) is 12.6 Å². The lowest BCUT2D eigenvalue weighted by Gasteiger charge is -2.32. The molecule has 2 bridgehead atoms. The van der Waals surface area contributed by atoms with Gasteiger partial charge in [0.1, 0.15) is 6.04 Å². The third-order valence-corrected chi connectivity index (χ3v) is 5.30. The minimum Gasteiger partial charge on any atom is -0.466 e. The van der Waals surface area contributed by atoms with Gasteiger partial charge in [0.15, 0.2) is 0 Å². The van der Waals surface area contributed by atoms with Crippen LogP contribution >= 0.6 is 12.4 Å². The van der Waals surface area contributed by atoms with Gasteiger partial charge in [-0.05, 0) is 38.5 Å². The zero-order chi connectivity index (χ0) is 17.1. The van der Waals surface area contributed by atoms with Gasteiger partial charge in [-0.15, -0.1) is 12.4 Å². The number of piperidine rings is 1. The van der Waals surface area contributed by atoms with Crippen molar-refractivity contribution in [3.63, 3.8) is 0 Å². The van der Waals surface area contributed by atoms with E-state index in [9.17, 15) is 9.59 Å². The Morgan fingerprint density at radius 1 is 1.36 bits per heavy atom. The monoisotopic (exact) mass is 371 g/mol. The van der Waals surface area contributed by atoms with E-state index >= 15 is 0 Å². The lowest BCUT2D eigenvalue weighted by atomic mass is 9.97. The Hall–Kier alpha value is -1.36. The van der Waals surface area contributed by atoms with Crippen molar-refractivity contribution in [1.29, 1.82) is 5.26 Å². The van der Waals surface area contributed by atoms with Crippen molar-refractivity contribution >= 4 is 24.3 Å². The van der Waals surface area contributed by atoms with Crippen LogP contribution in [-0.4, -0.2) is 60.8 Å². The van der Waals surface area contributed by atoms with Crippen molar-refractivity contribution in [1.82, 2.24) is 10.2 Å². The Morgan fingerprint density at radius 2 is 2.16 bits per heavy atom. The molecule has 25 heavy (non-hydrogen) atoms. The summed E-state index contributed by atoms with van der Waals surface area (Å²) in [4.78, 5) is 25.8. The van der Waals surface area contributed by atoms with Gasteiger partial charge < -0.3 is 19.7 Å². The molecule has 1 amide bonds. The van der Waals surface area contributed by atoms with Crippen LogP contribution in [0, 0.1) is 17.2 Å². The van der Waals surface area contributed by atoms with Crippen molar-refractivity contribution in [2.24, 2.45) is 5.92 Å². The number of nitrogens with zero attached hydrogens (tertiary/aromatic N) is 2. The van der Waals surface area contributed by atoms with Crippen molar-refractivity contribution in [2.75, 3.05) is 19.8 Å². The quantitative estimate of drug-likeness (QED) is 0.701. The molecule has 0 aromatic rings. The number of nitrogens with one attached hydrogen (secondary N) is 1. The van der Waals surface area contributed by atoms with Gasteiger partial charge in [-0.1, -0.05) is 0 Å². The number of carbonyl (C=O) groups is 2. The highest BCUT2D eigenvalue weighted by Crippen LogP contribution is 2.38. The second kappa shape index (κ2) is 8.84. The smallest absolute Gasteiger partial charge is 0.308 e. The lowest BCUT2D eigenvalue weighted by Crippen LogP contribution is -2.53. The molecular formula is C17H26ClN3O4. The number of amides is 1. The van der Waals surface area contributed by atoms with Gasteiger partial charge >= 0.3 is 5.97 Å². The minimum absolute atomic E-state index is 0. The van der Waals surface area contributed by atoms with Crippen molar-refractivity contribution in [3.05, 3.63) is 0 Å². The first-order valence-corrected chi connectivity index (χ1v) is 8.87. The summed E-state index contributed by atoms with van der Waals surface area (Å²) in [6.07, 6.45) is 3.77. The fourth-order valence-corrected chi connectivity index (χ4v) is 4.18. The Labute approximate surface area is 154 Å². The molecule has 0 unspecified atom stereocenters. The summed E-state index contributed by atoms with van der Waals surface area (Å²) in [5.41, 5.74) is 0. The fraction of sp³-hybridized carbons (Fsp3) is 0.824. The Balaban J connectivity index is 0.00000225. The summed E-state index contributed by atoms with van der Waals surface area (Å²) in [6.45, 7) is 3.22. The van der Waals surface area contributed by atoms with Gasteiger partial charge in [-0.3, -0.25) is 9.59 Å². The number of halogens is 1. The largest absolute Gasteiger partial charge is 0.466 e. The summed E-state index contributed by atoms with van der Waals surface area (Å²) in [6, 6.07) is 1.94. The topological polar surface area (TPSA) is 91.7 Å². The Kier molecular flexibility index (Phi) is 7.05. The molecule has 1 aliphatic carbocycles. The average Bonchev–Trinajstić information content (AvgIpc) is 3.29. The number of likely N-dealkylation sites (tertiary alicyclic amines) is 1. The zero-order valence-electron chi connectivity index (χ0n) is 14.5. The average molecular weight is 372 g/mol. The molecule has 5 atom stereocenters. The Bertz CT molecular complexity index is 538. The van der Waals surface area contributed by atoms with E-state index in [1.54, 1.807) is 11.8 Å². The van der Waals surface area contributed by atoms with Crippen LogP contribution in [0.5, 0.6) is 0 Å². The molecule has 140 valence electrons. The molecule has 0 aromatic carbocycles. The van der Waals surface area contributed by atoms with Crippen LogP contribution in [-0.2, 0) is 19.1 Å². The molecule has 7 nitrogen and oxygen atoms in total. The van der Waals surface area contributed by atoms with E-state index in [2.05, 4.69) is 11.4 Å². The molecule has 2 heterocycles. The third-order valence-electron chi connectivity index (χ3n) is 5.30. The molecule has 2 saturated heterocycles. The summed E-state index contributed by atoms with van der Waals surface area (Å²) in [5.74, 6) is 0.0878.